The zero-order chi connectivity index (χ0) is 25.7. The van der Waals surface area contributed by atoms with Gasteiger partial charge in [-0.25, -0.2) is 0 Å². The molecule has 2 N–H and O–H groups in total. The third-order valence-electron chi connectivity index (χ3n) is 5.88. The first-order chi connectivity index (χ1) is 16.2. The largest absolute Gasteiger partial charge is 0.391 e. The van der Waals surface area contributed by atoms with Crippen LogP contribution in [0.3, 0.4) is 0 Å². The monoisotopic (exact) mass is 460 g/mol. The zero-order valence-corrected chi connectivity index (χ0v) is 23.2. The molecule has 186 valence electrons. The average molecular weight is 461 g/mol. The summed E-state index contributed by atoms with van der Waals surface area (Å²) in [6, 6.07) is 7.12. The molecule has 0 fully saturated rings. The van der Waals surface area contributed by atoms with Gasteiger partial charge in [0.2, 0.25) is 0 Å². The van der Waals surface area contributed by atoms with Gasteiger partial charge in [0.1, 0.15) is 0 Å². The van der Waals surface area contributed by atoms with Crippen LogP contribution in [0.15, 0.2) is 83.1 Å². The predicted octanol–water partition coefficient (Wildman–Crippen LogP) is 8.37. The molecule has 1 aliphatic heterocycles. The molecule has 1 aromatic carbocycles. The summed E-state index contributed by atoms with van der Waals surface area (Å²) in [5.41, 5.74) is 11.4. The van der Waals surface area contributed by atoms with Crippen molar-refractivity contribution in [1.82, 2.24) is 10.6 Å². The number of hydrogen-bond acceptors (Lipinski definition) is 2. The van der Waals surface area contributed by atoms with Crippen molar-refractivity contribution in [3.8, 4) is 0 Å². The second-order valence-corrected chi connectivity index (χ2v) is 8.96. The van der Waals surface area contributed by atoms with Crippen LogP contribution in [-0.4, -0.2) is 19.1 Å². The number of aryl methyl sites for hydroxylation is 2. The first-order valence-corrected chi connectivity index (χ1v) is 13.0. The second-order valence-electron chi connectivity index (χ2n) is 8.96. The van der Waals surface area contributed by atoms with E-state index < -0.39 is 0 Å². The van der Waals surface area contributed by atoms with E-state index in [1.165, 1.54) is 44.6 Å². The fourth-order valence-corrected chi connectivity index (χ4v) is 4.41. The molecular weight excluding hydrogens is 412 g/mol. The van der Waals surface area contributed by atoms with E-state index in [0.29, 0.717) is 0 Å². The minimum atomic E-state index is 0.278. The molecule has 1 aromatic rings. The van der Waals surface area contributed by atoms with Gasteiger partial charge in [-0.15, -0.1) is 0 Å². The third kappa shape index (κ3) is 9.35. The van der Waals surface area contributed by atoms with Crippen LogP contribution in [0.4, 0.5) is 0 Å². The van der Waals surface area contributed by atoms with E-state index in [0.717, 1.165) is 31.5 Å². The molecule has 1 heterocycles. The third-order valence-corrected chi connectivity index (χ3v) is 5.88. The van der Waals surface area contributed by atoms with E-state index in [-0.39, 0.29) is 6.04 Å². The Kier molecular flexibility index (Phi) is 13.3. The number of hydrogen-bond donors (Lipinski definition) is 2. The molecule has 2 nitrogen and oxygen atoms in total. The van der Waals surface area contributed by atoms with Crippen molar-refractivity contribution in [3.05, 3.63) is 99.8 Å². The van der Waals surface area contributed by atoms with E-state index >= 15 is 0 Å². The molecular formula is C32H48N2. The highest BCUT2D eigenvalue weighted by Crippen LogP contribution is 2.29. The Morgan fingerprint density at radius 1 is 1.03 bits per heavy atom. The first kappa shape index (κ1) is 29.5. The van der Waals surface area contributed by atoms with Crippen LogP contribution >= 0.6 is 0 Å². The molecule has 0 aromatic heterocycles. The van der Waals surface area contributed by atoms with Crippen molar-refractivity contribution >= 4 is 5.57 Å². The lowest BCUT2D eigenvalue weighted by molar-refractivity contribution is 0.603. The number of allylic oxidation sites excluding steroid dienone is 9. The molecule has 0 saturated heterocycles. The van der Waals surface area contributed by atoms with Crippen molar-refractivity contribution in [2.75, 3.05) is 13.1 Å². The first-order valence-electron chi connectivity index (χ1n) is 13.0. The van der Waals surface area contributed by atoms with Gasteiger partial charge in [0.05, 0.1) is 0 Å². The number of rotatable bonds is 6. The van der Waals surface area contributed by atoms with Crippen molar-refractivity contribution in [3.63, 3.8) is 0 Å². The van der Waals surface area contributed by atoms with E-state index in [9.17, 15) is 0 Å². The molecule has 2 heteroatoms. The van der Waals surface area contributed by atoms with E-state index in [1.807, 2.05) is 13.8 Å². The smallest absolute Gasteiger partial charge is 0.0260 e. The van der Waals surface area contributed by atoms with Gasteiger partial charge in [-0.1, -0.05) is 87.4 Å². The highest BCUT2D eigenvalue weighted by Gasteiger charge is 2.15. The summed E-state index contributed by atoms with van der Waals surface area (Å²) in [6.45, 7) is 25.7. The van der Waals surface area contributed by atoms with Gasteiger partial charge in [0.25, 0.3) is 0 Å². The Bertz CT molecular complexity index is 946. The van der Waals surface area contributed by atoms with Gasteiger partial charge in [0.15, 0.2) is 0 Å². The van der Waals surface area contributed by atoms with Gasteiger partial charge in [0, 0.05) is 12.6 Å². The molecule has 0 spiro atoms. The van der Waals surface area contributed by atoms with Crippen LogP contribution in [0.25, 0.3) is 5.57 Å². The summed E-state index contributed by atoms with van der Waals surface area (Å²) in [5.74, 6) is 0. The maximum absolute atomic E-state index is 4.53. The summed E-state index contributed by atoms with van der Waals surface area (Å²) >= 11 is 0. The summed E-state index contributed by atoms with van der Waals surface area (Å²) in [5, 5.41) is 7.11. The molecule has 1 unspecified atom stereocenters. The van der Waals surface area contributed by atoms with Crippen LogP contribution in [0.2, 0.25) is 0 Å². The average Bonchev–Trinajstić information content (AvgIpc) is 2.77. The fraction of sp³-hybridized carbons (Fsp3) is 0.438. The standard InChI is InChI=1S/C30H42N2.C2H6/c1-9-27(28-18-23(5)16-24(6)19-28)20-30-25(7)17-22(4)15-21(3)11-13-31-14-12-29(30)26(8)32-10-2;1-2/h11,13,15-20,26,31-32H,7,9-10,12,14H2,1-6,8H3;1-2H3/b13-11+,21-15-,22-17-,27-20+,30-29+;. The van der Waals surface area contributed by atoms with Crippen LogP contribution in [0.5, 0.6) is 0 Å². The molecule has 0 amide bonds. The summed E-state index contributed by atoms with van der Waals surface area (Å²) in [4.78, 5) is 0. The molecule has 1 atom stereocenters. The quantitative estimate of drug-likeness (QED) is 0.445. The Balaban J connectivity index is 0.00000281. The zero-order valence-electron chi connectivity index (χ0n) is 23.2. The SMILES string of the molecule is C=C1\C=C(C)/C=C(C)\C=C\NCC/C(C(C)NCC)=C1/C=C(\CC)c1cc(C)cc(C)c1.CC. The molecule has 1 aliphatic rings. The Hall–Kier alpha value is -2.58. The van der Waals surface area contributed by atoms with Crippen molar-refractivity contribution in [2.24, 2.45) is 0 Å². The summed E-state index contributed by atoms with van der Waals surface area (Å²) in [6.07, 6.45) is 13.0. The number of likely N-dealkylation sites (N-methyl/N-ethyl adjacent to an activating group) is 1. The Labute approximate surface area is 210 Å². The topological polar surface area (TPSA) is 24.1 Å². The summed E-state index contributed by atoms with van der Waals surface area (Å²) in [7, 11) is 0. The predicted molar refractivity (Wildman–Crippen MR) is 154 cm³/mol. The minimum absolute atomic E-state index is 0.278. The van der Waals surface area contributed by atoms with Crippen molar-refractivity contribution in [1.29, 1.82) is 0 Å². The molecule has 0 bridgehead atoms. The van der Waals surface area contributed by atoms with Gasteiger partial charge < -0.3 is 10.6 Å². The van der Waals surface area contributed by atoms with Crippen LogP contribution in [-0.2, 0) is 0 Å². The van der Waals surface area contributed by atoms with Gasteiger partial charge in [-0.3, -0.25) is 0 Å². The van der Waals surface area contributed by atoms with Crippen molar-refractivity contribution in [2.45, 2.75) is 81.2 Å². The van der Waals surface area contributed by atoms with Gasteiger partial charge >= 0.3 is 0 Å². The van der Waals surface area contributed by atoms with Crippen LogP contribution in [0.1, 0.15) is 78.0 Å². The molecule has 2 rings (SSSR count). The van der Waals surface area contributed by atoms with Crippen molar-refractivity contribution < 1.29 is 0 Å². The number of benzene rings is 1. The van der Waals surface area contributed by atoms with Gasteiger partial charge in [-0.2, -0.15) is 0 Å². The van der Waals surface area contributed by atoms with Gasteiger partial charge in [-0.05, 0) is 99.7 Å². The Morgan fingerprint density at radius 3 is 2.26 bits per heavy atom. The fourth-order valence-electron chi connectivity index (χ4n) is 4.41. The molecule has 34 heavy (non-hydrogen) atoms. The minimum Gasteiger partial charge on any atom is -0.391 e. The molecule has 0 saturated carbocycles. The maximum atomic E-state index is 4.53. The van der Waals surface area contributed by atoms with Crippen LogP contribution in [0, 0.1) is 13.8 Å². The highest BCUT2D eigenvalue weighted by atomic mass is 14.9. The highest BCUT2D eigenvalue weighted by molar-refractivity contribution is 5.72. The molecule has 0 aliphatic carbocycles. The van der Waals surface area contributed by atoms with Crippen LogP contribution < -0.4 is 10.6 Å². The number of nitrogens with one attached hydrogen (secondary N) is 2. The molecule has 0 radical (unpaired) electrons. The summed E-state index contributed by atoms with van der Waals surface area (Å²) < 4.78 is 0. The maximum Gasteiger partial charge on any atom is 0.0260 e. The Morgan fingerprint density at radius 2 is 1.68 bits per heavy atom. The van der Waals surface area contributed by atoms with E-state index in [2.05, 4.69) is 114 Å². The van der Waals surface area contributed by atoms with E-state index in [1.54, 1.807) is 0 Å². The lowest BCUT2D eigenvalue weighted by Crippen LogP contribution is -2.30. The lowest BCUT2D eigenvalue weighted by atomic mass is 9.88. The lowest BCUT2D eigenvalue weighted by Gasteiger charge is -2.23. The second kappa shape index (κ2) is 15.3. The normalized spacial score (nSPS) is 22.5. The van der Waals surface area contributed by atoms with E-state index in [4.69, 9.17) is 0 Å².